The second-order valence-electron chi connectivity index (χ2n) is 3.69. The van der Waals surface area contributed by atoms with E-state index < -0.39 is 0 Å². The second-order valence-corrected chi connectivity index (χ2v) is 3.69. The van der Waals surface area contributed by atoms with Gasteiger partial charge < -0.3 is 15.6 Å². The molecule has 0 radical (unpaired) electrons. The van der Waals surface area contributed by atoms with Crippen LogP contribution in [0.4, 0.5) is 11.8 Å². The van der Waals surface area contributed by atoms with Gasteiger partial charge in [0.15, 0.2) is 0 Å². The fourth-order valence-electron chi connectivity index (χ4n) is 1.81. The van der Waals surface area contributed by atoms with Crippen molar-refractivity contribution in [3.63, 3.8) is 0 Å². The lowest BCUT2D eigenvalue weighted by Gasteiger charge is -2.12. The summed E-state index contributed by atoms with van der Waals surface area (Å²) in [6, 6.07) is 0.598. The van der Waals surface area contributed by atoms with Crippen molar-refractivity contribution in [2.45, 2.75) is 31.7 Å². The van der Waals surface area contributed by atoms with E-state index in [9.17, 15) is 0 Å². The Hall–Kier alpha value is -1.19. The first-order chi connectivity index (χ1) is 6.27. The first-order valence-electron chi connectivity index (χ1n) is 4.81. The number of nitrogen functional groups attached to an aromatic ring is 1. The van der Waals surface area contributed by atoms with E-state index in [4.69, 9.17) is 5.73 Å². The molecule has 1 aliphatic rings. The molecule has 1 heterocycles. The second kappa shape index (κ2) is 3.28. The van der Waals surface area contributed by atoms with Gasteiger partial charge >= 0.3 is 0 Å². The molecule has 0 saturated heterocycles. The first-order valence-corrected chi connectivity index (χ1v) is 4.81. The minimum atomic E-state index is 0.598. The molecule has 4 heteroatoms. The van der Waals surface area contributed by atoms with Crippen LogP contribution in [0.5, 0.6) is 0 Å². The summed E-state index contributed by atoms with van der Waals surface area (Å²) in [6.07, 6.45) is 6.87. The molecule has 4 nitrogen and oxygen atoms in total. The van der Waals surface area contributed by atoms with E-state index in [-0.39, 0.29) is 0 Å². The Morgan fingerprint density at radius 1 is 1.54 bits per heavy atom. The number of nitrogens with one attached hydrogen (secondary N) is 1. The van der Waals surface area contributed by atoms with Gasteiger partial charge in [-0.2, -0.15) is 0 Å². The van der Waals surface area contributed by atoms with E-state index in [0.29, 0.717) is 11.9 Å². The Morgan fingerprint density at radius 2 is 2.23 bits per heavy atom. The largest absolute Gasteiger partial charge is 0.384 e. The number of hydrogen-bond donors (Lipinski definition) is 2. The molecule has 0 spiro atoms. The van der Waals surface area contributed by atoms with Crippen LogP contribution >= 0.6 is 0 Å². The summed E-state index contributed by atoms with van der Waals surface area (Å²) >= 11 is 0. The summed E-state index contributed by atoms with van der Waals surface area (Å²) in [5, 5.41) is 3.40. The molecule has 1 saturated carbocycles. The summed E-state index contributed by atoms with van der Waals surface area (Å²) in [7, 11) is 1.93. The smallest absolute Gasteiger partial charge is 0.204 e. The maximum Gasteiger partial charge on any atom is 0.204 e. The summed E-state index contributed by atoms with van der Waals surface area (Å²) < 4.78 is 1.89. The van der Waals surface area contributed by atoms with Crippen molar-refractivity contribution < 1.29 is 0 Å². The lowest BCUT2D eigenvalue weighted by molar-refractivity contribution is 0.733. The number of imidazole rings is 1. The molecule has 1 aromatic rings. The van der Waals surface area contributed by atoms with Gasteiger partial charge in [0.05, 0.1) is 6.20 Å². The molecule has 0 unspecified atom stereocenters. The van der Waals surface area contributed by atoms with Gasteiger partial charge in [-0.15, -0.1) is 0 Å². The van der Waals surface area contributed by atoms with Gasteiger partial charge in [-0.3, -0.25) is 0 Å². The molecule has 0 aromatic carbocycles. The molecular formula is C9H16N4. The molecule has 72 valence electrons. The minimum absolute atomic E-state index is 0.598. The number of nitrogens with two attached hydrogens (primary N) is 1. The summed E-state index contributed by atoms with van der Waals surface area (Å²) in [4.78, 5) is 4.21. The van der Waals surface area contributed by atoms with Gasteiger partial charge in [-0.1, -0.05) is 12.8 Å². The topological polar surface area (TPSA) is 55.9 Å². The van der Waals surface area contributed by atoms with Crippen LogP contribution in [-0.2, 0) is 7.05 Å². The maximum atomic E-state index is 5.68. The van der Waals surface area contributed by atoms with Gasteiger partial charge in [0.2, 0.25) is 5.95 Å². The molecule has 2 rings (SSSR count). The Morgan fingerprint density at radius 3 is 2.77 bits per heavy atom. The molecule has 0 aliphatic heterocycles. The normalized spacial score (nSPS) is 17.9. The third-order valence-electron chi connectivity index (χ3n) is 2.71. The summed E-state index contributed by atoms with van der Waals surface area (Å²) in [6.45, 7) is 0. The fourth-order valence-corrected chi connectivity index (χ4v) is 1.81. The third-order valence-corrected chi connectivity index (χ3v) is 2.71. The molecule has 0 bridgehead atoms. The number of anilines is 2. The maximum absolute atomic E-state index is 5.68. The lowest BCUT2D eigenvalue weighted by atomic mass is 10.3. The molecular weight excluding hydrogens is 164 g/mol. The van der Waals surface area contributed by atoms with Crippen LogP contribution in [0.1, 0.15) is 25.7 Å². The highest BCUT2D eigenvalue weighted by molar-refractivity contribution is 5.40. The Bertz CT molecular complexity index is 286. The van der Waals surface area contributed by atoms with Crippen molar-refractivity contribution in [3.05, 3.63) is 6.20 Å². The van der Waals surface area contributed by atoms with Crippen molar-refractivity contribution in [1.29, 1.82) is 0 Å². The van der Waals surface area contributed by atoms with Crippen molar-refractivity contribution in [1.82, 2.24) is 9.55 Å². The van der Waals surface area contributed by atoms with Gasteiger partial charge in [0.25, 0.3) is 0 Å². The van der Waals surface area contributed by atoms with Crippen LogP contribution < -0.4 is 11.1 Å². The SMILES string of the molecule is Cn1c(N)cnc1NC1CCCC1. The fraction of sp³-hybridized carbons (Fsp3) is 0.667. The predicted molar refractivity (Wildman–Crippen MR) is 53.5 cm³/mol. The quantitative estimate of drug-likeness (QED) is 0.722. The molecule has 0 amide bonds. The molecule has 0 atom stereocenters. The van der Waals surface area contributed by atoms with E-state index in [1.54, 1.807) is 6.20 Å². The van der Waals surface area contributed by atoms with E-state index in [1.165, 1.54) is 25.7 Å². The van der Waals surface area contributed by atoms with Crippen LogP contribution in [0.25, 0.3) is 0 Å². The van der Waals surface area contributed by atoms with E-state index in [0.717, 1.165) is 5.95 Å². The van der Waals surface area contributed by atoms with Crippen molar-refractivity contribution in [3.8, 4) is 0 Å². The Labute approximate surface area is 78.1 Å². The van der Waals surface area contributed by atoms with Crippen molar-refractivity contribution in [2.24, 2.45) is 7.05 Å². The van der Waals surface area contributed by atoms with E-state index in [1.807, 2.05) is 11.6 Å². The monoisotopic (exact) mass is 180 g/mol. The number of nitrogens with zero attached hydrogens (tertiary/aromatic N) is 2. The minimum Gasteiger partial charge on any atom is -0.384 e. The van der Waals surface area contributed by atoms with Gasteiger partial charge in [-0.05, 0) is 12.8 Å². The molecule has 1 fully saturated rings. The Balaban J connectivity index is 2.04. The van der Waals surface area contributed by atoms with Crippen LogP contribution in [0, 0.1) is 0 Å². The zero-order valence-corrected chi connectivity index (χ0v) is 7.95. The van der Waals surface area contributed by atoms with Crippen LogP contribution in [-0.4, -0.2) is 15.6 Å². The lowest BCUT2D eigenvalue weighted by Crippen LogP contribution is -2.17. The first kappa shape index (κ1) is 8.41. The van der Waals surface area contributed by atoms with Crippen molar-refractivity contribution in [2.75, 3.05) is 11.1 Å². The van der Waals surface area contributed by atoms with E-state index >= 15 is 0 Å². The zero-order chi connectivity index (χ0) is 9.26. The molecule has 3 N–H and O–H groups in total. The molecule has 1 aliphatic carbocycles. The third kappa shape index (κ3) is 1.61. The van der Waals surface area contributed by atoms with E-state index in [2.05, 4.69) is 10.3 Å². The van der Waals surface area contributed by atoms with Crippen molar-refractivity contribution >= 4 is 11.8 Å². The average Bonchev–Trinajstić information content (AvgIpc) is 2.71. The number of aromatic nitrogens is 2. The summed E-state index contributed by atoms with van der Waals surface area (Å²) in [5.41, 5.74) is 5.68. The van der Waals surface area contributed by atoms with Crippen LogP contribution in [0.15, 0.2) is 6.20 Å². The highest BCUT2D eigenvalue weighted by Gasteiger charge is 2.16. The highest BCUT2D eigenvalue weighted by Crippen LogP contribution is 2.22. The van der Waals surface area contributed by atoms with Gasteiger partial charge in [0, 0.05) is 13.1 Å². The van der Waals surface area contributed by atoms with Gasteiger partial charge in [-0.25, -0.2) is 4.98 Å². The number of rotatable bonds is 2. The van der Waals surface area contributed by atoms with Crippen LogP contribution in [0.3, 0.4) is 0 Å². The standard InChI is InChI=1S/C9H16N4/c1-13-8(10)6-11-9(13)12-7-4-2-3-5-7/h6-7H,2-5,10H2,1H3,(H,11,12). The predicted octanol–water partition coefficient (Wildman–Crippen LogP) is 1.36. The van der Waals surface area contributed by atoms with Crippen LogP contribution in [0.2, 0.25) is 0 Å². The molecule has 13 heavy (non-hydrogen) atoms. The zero-order valence-electron chi connectivity index (χ0n) is 7.95. The summed E-state index contributed by atoms with van der Waals surface area (Å²) in [5.74, 6) is 1.60. The average molecular weight is 180 g/mol. The number of hydrogen-bond acceptors (Lipinski definition) is 3. The highest BCUT2D eigenvalue weighted by atomic mass is 15.2. The molecule has 1 aromatic heterocycles. The Kier molecular flexibility index (Phi) is 2.12. The van der Waals surface area contributed by atoms with Gasteiger partial charge in [0.1, 0.15) is 5.82 Å².